The van der Waals surface area contributed by atoms with Gasteiger partial charge in [-0.2, -0.15) is 0 Å². The van der Waals surface area contributed by atoms with Crippen LogP contribution < -0.4 is 5.73 Å². The molecular formula is C12H13F2NO4. The second kappa shape index (κ2) is 5.21. The fourth-order valence-corrected chi connectivity index (χ4v) is 1.12. The minimum Gasteiger partial charge on any atom is -0.481 e. The van der Waals surface area contributed by atoms with Crippen LogP contribution in [0, 0.1) is 17.0 Å². The molecule has 5 nitrogen and oxygen atoms in total. The molecule has 0 unspecified atom stereocenters. The van der Waals surface area contributed by atoms with Gasteiger partial charge in [-0.15, -0.1) is 0 Å². The van der Waals surface area contributed by atoms with Crippen LogP contribution in [0.3, 0.4) is 0 Å². The number of rotatable bonds is 4. The summed E-state index contributed by atoms with van der Waals surface area (Å²) in [6.45, 7) is 2.30. The highest BCUT2D eigenvalue weighted by atomic mass is 19.2. The molecule has 0 fully saturated rings. The van der Waals surface area contributed by atoms with E-state index in [0.29, 0.717) is 12.1 Å². The highest BCUT2D eigenvalue weighted by molar-refractivity contribution is 5.95. The van der Waals surface area contributed by atoms with Crippen LogP contribution in [0.1, 0.15) is 24.2 Å². The maximum atomic E-state index is 13.0. The average molecular weight is 273 g/mol. The number of benzene rings is 1. The van der Waals surface area contributed by atoms with Gasteiger partial charge in [0.05, 0.1) is 11.0 Å². The summed E-state index contributed by atoms with van der Waals surface area (Å²) in [5.74, 6) is -4.58. The monoisotopic (exact) mass is 273 g/mol. The fourth-order valence-electron chi connectivity index (χ4n) is 1.12. The lowest BCUT2D eigenvalue weighted by Crippen LogP contribution is -2.30. The number of carbonyl (C=O) groups is 2. The summed E-state index contributed by atoms with van der Waals surface area (Å²) >= 11 is 0. The molecule has 1 aromatic carbocycles. The molecule has 1 rings (SSSR count). The smallest absolute Gasteiger partial charge is 0.340 e. The third-order valence-corrected chi connectivity index (χ3v) is 2.46. The molecule has 0 saturated carbocycles. The van der Waals surface area contributed by atoms with Gasteiger partial charge in [0.2, 0.25) is 0 Å². The lowest BCUT2D eigenvalue weighted by molar-refractivity contribution is -0.149. The summed E-state index contributed by atoms with van der Waals surface area (Å²) in [4.78, 5) is 22.4. The molecule has 104 valence electrons. The van der Waals surface area contributed by atoms with Gasteiger partial charge in [0, 0.05) is 11.8 Å². The molecule has 7 heteroatoms. The van der Waals surface area contributed by atoms with Crippen LogP contribution >= 0.6 is 0 Å². The van der Waals surface area contributed by atoms with E-state index in [4.69, 9.17) is 15.6 Å². The zero-order valence-corrected chi connectivity index (χ0v) is 10.4. The van der Waals surface area contributed by atoms with Gasteiger partial charge in [-0.05, 0) is 19.9 Å². The summed E-state index contributed by atoms with van der Waals surface area (Å²) in [5.41, 5.74) is 3.45. The quantitative estimate of drug-likeness (QED) is 0.645. The van der Waals surface area contributed by atoms with E-state index in [2.05, 4.69) is 0 Å². The van der Waals surface area contributed by atoms with Crippen molar-refractivity contribution < 1.29 is 28.2 Å². The summed E-state index contributed by atoms with van der Waals surface area (Å²) in [7, 11) is 0. The van der Waals surface area contributed by atoms with E-state index in [0.717, 1.165) is 0 Å². The Hall–Kier alpha value is -2.18. The molecule has 0 heterocycles. The Kier molecular flexibility index (Phi) is 4.08. The molecule has 0 bridgehead atoms. The lowest BCUT2D eigenvalue weighted by Gasteiger charge is -2.18. The van der Waals surface area contributed by atoms with Gasteiger partial charge in [0.25, 0.3) is 0 Å². The van der Waals surface area contributed by atoms with E-state index in [1.807, 2.05) is 0 Å². The minimum absolute atomic E-state index is 0.281. The fraction of sp³-hybridized carbons (Fsp3) is 0.333. The number of hydrogen-bond acceptors (Lipinski definition) is 4. The third kappa shape index (κ3) is 3.40. The van der Waals surface area contributed by atoms with E-state index in [1.54, 1.807) is 0 Å². The van der Waals surface area contributed by atoms with Crippen molar-refractivity contribution in [3.8, 4) is 0 Å². The van der Waals surface area contributed by atoms with Crippen LogP contribution in [0.4, 0.5) is 14.5 Å². The predicted molar refractivity (Wildman–Crippen MR) is 62.5 cm³/mol. The zero-order chi connectivity index (χ0) is 14.8. The number of halogens is 2. The Morgan fingerprint density at radius 1 is 1.32 bits per heavy atom. The van der Waals surface area contributed by atoms with E-state index in [9.17, 15) is 18.4 Å². The van der Waals surface area contributed by atoms with Crippen LogP contribution in [0.2, 0.25) is 0 Å². The number of carboxylic acids is 1. The predicted octanol–water partition coefficient (Wildman–Crippen LogP) is 1.81. The normalized spacial score (nSPS) is 11.2. The molecule has 0 amide bonds. The Balaban J connectivity index is 2.86. The van der Waals surface area contributed by atoms with Crippen molar-refractivity contribution in [1.82, 2.24) is 0 Å². The van der Waals surface area contributed by atoms with Gasteiger partial charge >= 0.3 is 11.9 Å². The summed E-state index contributed by atoms with van der Waals surface area (Å²) in [5, 5.41) is 8.83. The SMILES string of the molecule is CC(C)(COC(=O)c1cc(F)c(F)cc1N)C(=O)O. The van der Waals surface area contributed by atoms with Crippen molar-refractivity contribution in [2.24, 2.45) is 5.41 Å². The number of esters is 1. The Labute approximate surface area is 108 Å². The van der Waals surface area contributed by atoms with E-state index in [-0.39, 0.29) is 11.3 Å². The molecule has 0 aliphatic heterocycles. The first-order chi connectivity index (χ1) is 8.65. The van der Waals surface area contributed by atoms with Crippen molar-refractivity contribution in [3.05, 3.63) is 29.3 Å². The Morgan fingerprint density at radius 2 is 1.84 bits per heavy atom. The van der Waals surface area contributed by atoms with Crippen LogP contribution in [0.15, 0.2) is 12.1 Å². The second-order valence-corrected chi connectivity index (χ2v) is 4.62. The van der Waals surface area contributed by atoms with E-state index in [1.165, 1.54) is 13.8 Å². The summed E-state index contributed by atoms with van der Waals surface area (Å²) < 4.78 is 30.5. The molecular weight excluding hydrogens is 260 g/mol. The van der Waals surface area contributed by atoms with Gasteiger partial charge in [0.15, 0.2) is 11.6 Å². The van der Waals surface area contributed by atoms with Crippen LogP contribution in [-0.4, -0.2) is 23.7 Å². The maximum absolute atomic E-state index is 13.0. The van der Waals surface area contributed by atoms with E-state index < -0.39 is 35.6 Å². The van der Waals surface area contributed by atoms with Crippen molar-refractivity contribution in [3.63, 3.8) is 0 Å². The van der Waals surface area contributed by atoms with E-state index >= 15 is 0 Å². The van der Waals surface area contributed by atoms with Crippen LogP contribution in [0.25, 0.3) is 0 Å². The topological polar surface area (TPSA) is 89.6 Å². The molecule has 0 aliphatic carbocycles. The average Bonchev–Trinajstić information content (AvgIpc) is 2.30. The molecule has 0 saturated heterocycles. The number of carboxylic acid groups (broad SMARTS) is 1. The lowest BCUT2D eigenvalue weighted by atomic mass is 9.95. The van der Waals surface area contributed by atoms with Gasteiger partial charge in [-0.1, -0.05) is 0 Å². The minimum atomic E-state index is -1.29. The largest absolute Gasteiger partial charge is 0.481 e. The number of hydrogen-bond donors (Lipinski definition) is 2. The maximum Gasteiger partial charge on any atom is 0.340 e. The number of anilines is 1. The van der Waals surface area contributed by atoms with Crippen molar-refractivity contribution in [1.29, 1.82) is 0 Å². The highest BCUT2D eigenvalue weighted by Crippen LogP contribution is 2.20. The zero-order valence-electron chi connectivity index (χ0n) is 10.4. The molecule has 19 heavy (non-hydrogen) atoms. The van der Waals surface area contributed by atoms with Gasteiger partial charge in [0.1, 0.15) is 6.61 Å². The molecule has 0 aromatic heterocycles. The first-order valence-corrected chi connectivity index (χ1v) is 5.30. The first-order valence-electron chi connectivity index (χ1n) is 5.30. The highest BCUT2D eigenvalue weighted by Gasteiger charge is 2.29. The number of aliphatic carboxylic acids is 1. The first kappa shape index (κ1) is 14.9. The summed E-state index contributed by atoms with van der Waals surface area (Å²) in [6, 6.07) is 1.27. The van der Waals surface area contributed by atoms with Crippen LogP contribution in [-0.2, 0) is 9.53 Å². The van der Waals surface area contributed by atoms with Crippen LogP contribution in [0.5, 0.6) is 0 Å². The number of nitrogens with two attached hydrogens (primary N) is 1. The number of carbonyl (C=O) groups excluding carboxylic acids is 1. The Morgan fingerprint density at radius 3 is 2.37 bits per heavy atom. The van der Waals surface area contributed by atoms with Crippen molar-refractivity contribution >= 4 is 17.6 Å². The third-order valence-electron chi connectivity index (χ3n) is 2.46. The Bertz CT molecular complexity index is 529. The standard InChI is InChI=1S/C12H13F2NO4/c1-12(2,11(17)18)5-19-10(16)6-3-7(13)8(14)4-9(6)15/h3-4H,5,15H2,1-2H3,(H,17,18). The summed E-state index contributed by atoms with van der Waals surface area (Å²) in [6.07, 6.45) is 0. The second-order valence-electron chi connectivity index (χ2n) is 4.62. The molecule has 0 atom stereocenters. The number of nitrogen functional groups attached to an aromatic ring is 1. The molecule has 0 radical (unpaired) electrons. The molecule has 1 aromatic rings. The molecule has 0 aliphatic rings. The molecule has 0 spiro atoms. The number of ether oxygens (including phenoxy) is 1. The van der Waals surface area contributed by atoms with Gasteiger partial charge < -0.3 is 15.6 Å². The van der Waals surface area contributed by atoms with Crippen molar-refractivity contribution in [2.75, 3.05) is 12.3 Å². The molecule has 3 N–H and O–H groups in total. The van der Waals surface area contributed by atoms with Gasteiger partial charge in [-0.3, -0.25) is 4.79 Å². The van der Waals surface area contributed by atoms with Gasteiger partial charge in [-0.25, -0.2) is 13.6 Å². The van der Waals surface area contributed by atoms with Crippen molar-refractivity contribution in [2.45, 2.75) is 13.8 Å².